The minimum atomic E-state index is 0.513. The Labute approximate surface area is 169 Å². The lowest BCUT2D eigenvalue weighted by molar-refractivity contribution is 0.620. The summed E-state index contributed by atoms with van der Waals surface area (Å²) in [7, 11) is 0. The van der Waals surface area contributed by atoms with E-state index in [1.165, 1.54) is 5.56 Å². The molecule has 0 saturated carbocycles. The molecule has 0 atom stereocenters. The van der Waals surface area contributed by atoms with E-state index in [-0.39, 0.29) is 0 Å². The molecular weight excluding hydrogens is 366 g/mol. The van der Waals surface area contributed by atoms with Gasteiger partial charge in [-0.05, 0) is 72.2 Å². The van der Waals surface area contributed by atoms with E-state index < -0.39 is 0 Å². The number of fused-ring (bicyclic) bond motifs is 1. The van der Waals surface area contributed by atoms with Crippen molar-refractivity contribution in [1.29, 1.82) is 0 Å². The highest BCUT2D eigenvalue weighted by Gasteiger charge is 2.08. The molecule has 0 aliphatic rings. The molecule has 1 aromatic heterocycles. The monoisotopic (exact) mass is 387 g/mol. The highest BCUT2D eigenvalue weighted by molar-refractivity contribution is 7.80. The van der Waals surface area contributed by atoms with Gasteiger partial charge in [-0.15, -0.1) is 0 Å². The molecule has 0 amide bonds. The second-order valence-electron chi connectivity index (χ2n) is 6.92. The lowest BCUT2D eigenvalue weighted by Crippen LogP contribution is -2.18. The van der Waals surface area contributed by atoms with Crippen LogP contribution in [0.25, 0.3) is 22.6 Å². The third-order valence-corrected chi connectivity index (χ3v) is 4.72. The Balaban J connectivity index is 1.41. The summed E-state index contributed by atoms with van der Waals surface area (Å²) < 4.78 is 5.81. The van der Waals surface area contributed by atoms with Gasteiger partial charge in [-0.3, -0.25) is 0 Å². The van der Waals surface area contributed by atoms with Crippen LogP contribution in [0, 0.1) is 0 Å². The predicted molar refractivity (Wildman–Crippen MR) is 120 cm³/mol. The van der Waals surface area contributed by atoms with Crippen molar-refractivity contribution in [3.63, 3.8) is 0 Å². The number of nitrogens with zero attached hydrogens (tertiary/aromatic N) is 1. The average Bonchev–Trinajstić information content (AvgIpc) is 3.13. The van der Waals surface area contributed by atoms with Crippen molar-refractivity contribution in [2.75, 3.05) is 10.6 Å². The number of anilines is 2. The van der Waals surface area contributed by atoms with E-state index in [9.17, 15) is 0 Å². The van der Waals surface area contributed by atoms with Crippen LogP contribution in [0.2, 0.25) is 0 Å². The minimum Gasteiger partial charge on any atom is -0.436 e. The summed E-state index contributed by atoms with van der Waals surface area (Å²) in [5, 5.41) is 6.96. The van der Waals surface area contributed by atoms with Gasteiger partial charge in [-0.2, -0.15) is 0 Å². The minimum absolute atomic E-state index is 0.513. The number of aromatic nitrogens is 1. The molecule has 140 valence electrons. The first kappa shape index (κ1) is 18.2. The molecule has 0 spiro atoms. The highest BCUT2D eigenvalue weighted by atomic mass is 32.1. The Kier molecular flexibility index (Phi) is 5.08. The summed E-state index contributed by atoms with van der Waals surface area (Å²) in [4.78, 5) is 4.52. The number of oxazole rings is 1. The van der Waals surface area contributed by atoms with E-state index in [0.29, 0.717) is 16.9 Å². The van der Waals surface area contributed by atoms with Crippen LogP contribution in [-0.2, 0) is 0 Å². The second-order valence-corrected chi connectivity index (χ2v) is 7.33. The van der Waals surface area contributed by atoms with Gasteiger partial charge < -0.3 is 15.1 Å². The zero-order valence-corrected chi connectivity index (χ0v) is 16.6. The maximum absolute atomic E-state index is 5.81. The second kappa shape index (κ2) is 7.82. The molecule has 4 aromatic rings. The number of rotatable bonds is 4. The normalized spacial score (nSPS) is 11.0. The fraction of sp³-hybridized carbons (Fsp3) is 0.130. The predicted octanol–water partition coefficient (Wildman–Crippen LogP) is 6.43. The Hall–Kier alpha value is -3.18. The lowest BCUT2D eigenvalue weighted by Gasteiger charge is -2.12. The molecule has 0 aliphatic carbocycles. The summed E-state index contributed by atoms with van der Waals surface area (Å²) in [6, 6.07) is 23.9. The van der Waals surface area contributed by atoms with Gasteiger partial charge in [0.25, 0.3) is 0 Å². The van der Waals surface area contributed by atoms with Gasteiger partial charge in [0.05, 0.1) is 0 Å². The first-order valence-corrected chi connectivity index (χ1v) is 9.63. The third kappa shape index (κ3) is 4.05. The smallest absolute Gasteiger partial charge is 0.227 e. The Morgan fingerprint density at radius 2 is 1.46 bits per heavy atom. The SMILES string of the molecule is CC(C)c1ccc(NC(=S)Nc2ccc(-c3nc4ccccc4o3)cc2)cc1. The molecule has 1 heterocycles. The van der Waals surface area contributed by atoms with E-state index in [1.807, 2.05) is 60.7 Å². The lowest BCUT2D eigenvalue weighted by atomic mass is 10.0. The van der Waals surface area contributed by atoms with Crippen LogP contribution in [0.5, 0.6) is 0 Å². The first-order valence-electron chi connectivity index (χ1n) is 9.22. The van der Waals surface area contributed by atoms with E-state index in [4.69, 9.17) is 16.6 Å². The van der Waals surface area contributed by atoms with Gasteiger partial charge in [0.2, 0.25) is 5.89 Å². The van der Waals surface area contributed by atoms with Crippen molar-refractivity contribution in [3.05, 3.63) is 78.4 Å². The molecule has 4 nitrogen and oxygen atoms in total. The van der Waals surface area contributed by atoms with Gasteiger partial charge in [0.15, 0.2) is 10.7 Å². The number of benzene rings is 3. The quantitative estimate of drug-likeness (QED) is 0.395. The first-order chi connectivity index (χ1) is 13.6. The van der Waals surface area contributed by atoms with Crippen molar-refractivity contribution in [3.8, 4) is 11.5 Å². The van der Waals surface area contributed by atoms with Gasteiger partial charge in [-0.25, -0.2) is 4.98 Å². The topological polar surface area (TPSA) is 50.1 Å². The molecule has 0 unspecified atom stereocenters. The summed E-state index contributed by atoms with van der Waals surface area (Å²) in [6.45, 7) is 4.36. The van der Waals surface area contributed by atoms with Crippen molar-refractivity contribution in [2.24, 2.45) is 0 Å². The van der Waals surface area contributed by atoms with Crippen molar-refractivity contribution >= 4 is 39.8 Å². The third-order valence-electron chi connectivity index (χ3n) is 4.52. The van der Waals surface area contributed by atoms with E-state index in [1.54, 1.807) is 0 Å². The Morgan fingerprint density at radius 1 is 0.857 bits per heavy atom. The fourth-order valence-electron chi connectivity index (χ4n) is 2.94. The zero-order chi connectivity index (χ0) is 19.5. The maximum atomic E-state index is 5.81. The number of thiocarbonyl (C=S) groups is 1. The van der Waals surface area contributed by atoms with E-state index >= 15 is 0 Å². The molecule has 0 bridgehead atoms. The molecule has 0 fully saturated rings. The van der Waals surface area contributed by atoms with Gasteiger partial charge >= 0.3 is 0 Å². The molecule has 0 aliphatic heterocycles. The number of para-hydroxylation sites is 2. The highest BCUT2D eigenvalue weighted by Crippen LogP contribution is 2.25. The standard InChI is InChI=1S/C23H21N3OS/c1-15(2)16-7-11-18(12-8-16)24-23(28)25-19-13-9-17(10-14-19)22-26-20-5-3-4-6-21(20)27-22/h3-15H,1-2H3,(H2,24,25,28). The van der Waals surface area contributed by atoms with Crippen LogP contribution in [0.4, 0.5) is 11.4 Å². The zero-order valence-electron chi connectivity index (χ0n) is 15.8. The van der Waals surface area contributed by atoms with Crippen molar-refractivity contribution in [1.82, 2.24) is 4.98 Å². The molecule has 3 aromatic carbocycles. The summed E-state index contributed by atoms with van der Waals surface area (Å²) in [5.74, 6) is 1.12. The number of hydrogen-bond acceptors (Lipinski definition) is 3. The molecular formula is C23H21N3OS. The van der Waals surface area contributed by atoms with Crippen molar-refractivity contribution < 1.29 is 4.42 Å². The van der Waals surface area contributed by atoms with Crippen LogP contribution in [0.15, 0.2) is 77.2 Å². The van der Waals surface area contributed by atoms with Gasteiger partial charge in [-0.1, -0.05) is 38.1 Å². The largest absolute Gasteiger partial charge is 0.436 e. The van der Waals surface area contributed by atoms with Crippen LogP contribution < -0.4 is 10.6 Å². The fourth-order valence-corrected chi connectivity index (χ4v) is 3.17. The number of hydrogen-bond donors (Lipinski definition) is 2. The van der Waals surface area contributed by atoms with Crippen LogP contribution in [-0.4, -0.2) is 10.1 Å². The van der Waals surface area contributed by atoms with Crippen LogP contribution in [0.1, 0.15) is 25.3 Å². The van der Waals surface area contributed by atoms with E-state index in [2.05, 4.69) is 41.6 Å². The molecule has 28 heavy (non-hydrogen) atoms. The maximum Gasteiger partial charge on any atom is 0.227 e. The van der Waals surface area contributed by atoms with Crippen molar-refractivity contribution in [2.45, 2.75) is 19.8 Å². The molecule has 4 rings (SSSR count). The number of nitrogens with one attached hydrogen (secondary N) is 2. The van der Waals surface area contributed by atoms with Crippen LogP contribution in [0.3, 0.4) is 0 Å². The Bertz CT molecular complexity index is 1070. The molecule has 2 N–H and O–H groups in total. The molecule has 5 heteroatoms. The van der Waals surface area contributed by atoms with E-state index in [0.717, 1.165) is 28.0 Å². The van der Waals surface area contributed by atoms with Gasteiger partial charge in [0.1, 0.15) is 5.52 Å². The summed E-state index contributed by atoms with van der Waals surface area (Å²) >= 11 is 5.42. The molecule has 0 saturated heterocycles. The van der Waals surface area contributed by atoms with Crippen LogP contribution >= 0.6 is 12.2 Å². The Morgan fingerprint density at radius 3 is 2.07 bits per heavy atom. The van der Waals surface area contributed by atoms with Gasteiger partial charge in [0, 0.05) is 16.9 Å². The summed E-state index contributed by atoms with van der Waals surface area (Å²) in [5.41, 5.74) is 5.73. The molecule has 0 radical (unpaired) electrons. The average molecular weight is 388 g/mol. The summed E-state index contributed by atoms with van der Waals surface area (Å²) in [6.07, 6.45) is 0.